The molecule has 27 heavy (non-hydrogen) atoms. The highest BCUT2D eigenvalue weighted by molar-refractivity contribution is 7.86. The number of piperidine rings is 1. The Morgan fingerprint density at radius 2 is 1.96 bits per heavy atom. The van der Waals surface area contributed by atoms with Gasteiger partial charge in [0.2, 0.25) is 5.91 Å². The zero-order valence-electron chi connectivity index (χ0n) is 16.3. The molecule has 8 nitrogen and oxygen atoms in total. The number of anilines is 1. The Kier molecular flexibility index (Phi) is 6.54. The second-order valence-electron chi connectivity index (χ2n) is 7.46. The van der Waals surface area contributed by atoms with Gasteiger partial charge in [0.05, 0.1) is 17.6 Å². The van der Waals surface area contributed by atoms with Crippen molar-refractivity contribution >= 4 is 21.8 Å². The van der Waals surface area contributed by atoms with Gasteiger partial charge in [-0.2, -0.15) is 22.1 Å². The molecular weight excluding hydrogens is 366 g/mol. The van der Waals surface area contributed by atoms with E-state index in [1.165, 1.54) is 4.31 Å². The number of hydrogen-bond acceptors (Lipinski definition) is 4. The van der Waals surface area contributed by atoms with Crippen molar-refractivity contribution in [2.75, 3.05) is 31.5 Å². The number of carbonyl (C=O) groups excluding carboxylic acids is 1. The van der Waals surface area contributed by atoms with Crippen LogP contribution in [0.3, 0.4) is 0 Å². The second-order valence-corrected chi connectivity index (χ2v) is 9.39. The maximum Gasteiger partial charge on any atom is 0.281 e. The van der Waals surface area contributed by atoms with Gasteiger partial charge in [0.1, 0.15) is 0 Å². The van der Waals surface area contributed by atoms with Crippen LogP contribution >= 0.6 is 0 Å². The molecule has 0 bridgehead atoms. The minimum atomic E-state index is -3.45. The first-order valence-corrected chi connectivity index (χ1v) is 11.5. The molecule has 1 aliphatic heterocycles. The SMILES string of the molecule is CCN(CC)S(=O)(=O)N1CCC[C@H](c2[nH]ncc2NC(=O)C2CCCC2)C1. The molecule has 1 amide bonds. The zero-order valence-corrected chi connectivity index (χ0v) is 17.1. The average Bonchev–Trinajstić information content (AvgIpc) is 3.34. The summed E-state index contributed by atoms with van der Waals surface area (Å²) >= 11 is 0. The Bertz CT molecular complexity index is 738. The lowest BCUT2D eigenvalue weighted by molar-refractivity contribution is -0.119. The molecule has 1 aliphatic carbocycles. The molecule has 1 atom stereocenters. The minimum absolute atomic E-state index is 0.00506. The second kappa shape index (κ2) is 8.70. The van der Waals surface area contributed by atoms with Crippen LogP contribution in [0.1, 0.15) is 64.0 Å². The first-order chi connectivity index (χ1) is 13.0. The van der Waals surface area contributed by atoms with Crippen LogP contribution in [-0.4, -0.2) is 59.3 Å². The van der Waals surface area contributed by atoms with Crippen molar-refractivity contribution in [1.29, 1.82) is 0 Å². The Morgan fingerprint density at radius 1 is 1.26 bits per heavy atom. The first kappa shape index (κ1) is 20.3. The van der Waals surface area contributed by atoms with E-state index in [4.69, 9.17) is 0 Å². The Hall–Kier alpha value is -1.45. The molecule has 2 N–H and O–H groups in total. The Balaban J connectivity index is 1.72. The van der Waals surface area contributed by atoms with Gasteiger partial charge >= 0.3 is 0 Å². The van der Waals surface area contributed by atoms with Crippen molar-refractivity contribution in [3.05, 3.63) is 11.9 Å². The van der Waals surface area contributed by atoms with Crippen LogP contribution < -0.4 is 5.32 Å². The lowest BCUT2D eigenvalue weighted by Crippen LogP contribution is -2.47. The number of carbonyl (C=O) groups is 1. The molecule has 2 fully saturated rings. The molecule has 0 unspecified atom stereocenters. The van der Waals surface area contributed by atoms with Crippen molar-refractivity contribution in [2.45, 2.75) is 58.3 Å². The van der Waals surface area contributed by atoms with Crippen LogP contribution in [0.4, 0.5) is 5.69 Å². The number of rotatable bonds is 7. The molecule has 9 heteroatoms. The number of nitrogens with zero attached hydrogens (tertiary/aromatic N) is 3. The third-order valence-electron chi connectivity index (χ3n) is 5.80. The quantitative estimate of drug-likeness (QED) is 0.737. The van der Waals surface area contributed by atoms with Crippen LogP contribution in [0.25, 0.3) is 0 Å². The summed E-state index contributed by atoms with van der Waals surface area (Å²) in [5.74, 6) is 0.141. The summed E-state index contributed by atoms with van der Waals surface area (Å²) in [4.78, 5) is 12.5. The molecule has 152 valence electrons. The van der Waals surface area contributed by atoms with Gasteiger partial charge in [-0.1, -0.05) is 26.7 Å². The van der Waals surface area contributed by atoms with Crippen LogP contribution in [-0.2, 0) is 15.0 Å². The summed E-state index contributed by atoms with van der Waals surface area (Å²) in [6, 6.07) is 0. The standard InChI is InChI=1S/C18H31N5O3S/c1-3-22(4-2)27(25,26)23-11-7-10-15(13-23)17-16(12-19-21-17)20-18(24)14-8-5-6-9-14/h12,14-15H,3-11,13H2,1-2H3,(H,19,21)(H,20,24)/t15-/m0/s1. The fourth-order valence-electron chi connectivity index (χ4n) is 4.23. The lowest BCUT2D eigenvalue weighted by Gasteiger charge is -2.34. The van der Waals surface area contributed by atoms with Crippen LogP contribution in [0.2, 0.25) is 0 Å². The molecular formula is C18H31N5O3S. The van der Waals surface area contributed by atoms with Gasteiger partial charge in [0.25, 0.3) is 10.2 Å². The van der Waals surface area contributed by atoms with Gasteiger partial charge in [-0.3, -0.25) is 9.89 Å². The van der Waals surface area contributed by atoms with Crippen LogP contribution in [0.15, 0.2) is 6.20 Å². The van der Waals surface area contributed by atoms with E-state index in [2.05, 4.69) is 15.5 Å². The maximum atomic E-state index is 12.9. The van der Waals surface area contributed by atoms with Crippen molar-refractivity contribution in [3.63, 3.8) is 0 Å². The molecule has 2 heterocycles. The Morgan fingerprint density at radius 3 is 2.63 bits per heavy atom. The van der Waals surface area contributed by atoms with E-state index in [0.29, 0.717) is 31.9 Å². The van der Waals surface area contributed by atoms with Crippen molar-refractivity contribution in [3.8, 4) is 0 Å². The zero-order chi connectivity index (χ0) is 19.4. The summed E-state index contributed by atoms with van der Waals surface area (Å²) in [5.41, 5.74) is 1.53. The molecule has 1 saturated carbocycles. The number of aromatic nitrogens is 2. The van der Waals surface area contributed by atoms with E-state index in [-0.39, 0.29) is 17.7 Å². The molecule has 0 aromatic carbocycles. The maximum absolute atomic E-state index is 12.9. The van der Waals surface area contributed by atoms with E-state index < -0.39 is 10.2 Å². The van der Waals surface area contributed by atoms with E-state index in [1.807, 2.05) is 13.8 Å². The first-order valence-electron chi connectivity index (χ1n) is 10.1. The molecule has 0 radical (unpaired) electrons. The van der Waals surface area contributed by atoms with Gasteiger partial charge in [-0.25, -0.2) is 0 Å². The molecule has 1 saturated heterocycles. The van der Waals surface area contributed by atoms with Crippen molar-refractivity contribution in [2.24, 2.45) is 5.92 Å². The number of amides is 1. The highest BCUT2D eigenvalue weighted by Gasteiger charge is 2.34. The molecule has 3 rings (SSSR count). The third-order valence-corrected chi connectivity index (χ3v) is 7.96. The predicted octanol–water partition coefficient (Wildman–Crippen LogP) is 2.30. The smallest absolute Gasteiger partial charge is 0.281 e. The summed E-state index contributed by atoms with van der Waals surface area (Å²) in [5, 5.41) is 10.1. The van der Waals surface area contributed by atoms with Crippen molar-refractivity contribution < 1.29 is 13.2 Å². The summed E-state index contributed by atoms with van der Waals surface area (Å²) in [6.45, 7) is 5.59. The number of aromatic amines is 1. The highest BCUT2D eigenvalue weighted by atomic mass is 32.2. The normalized spacial score (nSPS) is 22.4. The summed E-state index contributed by atoms with van der Waals surface area (Å²) < 4.78 is 28.8. The van der Waals surface area contributed by atoms with Gasteiger partial charge in [0, 0.05) is 38.0 Å². The molecule has 1 aromatic heterocycles. The highest BCUT2D eigenvalue weighted by Crippen LogP contribution is 2.33. The lowest BCUT2D eigenvalue weighted by atomic mass is 9.95. The van der Waals surface area contributed by atoms with E-state index in [0.717, 1.165) is 44.2 Å². The number of H-pyrrole nitrogens is 1. The summed E-state index contributed by atoms with van der Waals surface area (Å²) in [7, 11) is -3.45. The fraction of sp³-hybridized carbons (Fsp3) is 0.778. The fourth-order valence-corrected chi connectivity index (χ4v) is 5.94. The van der Waals surface area contributed by atoms with Gasteiger partial charge in [-0.05, 0) is 25.7 Å². The van der Waals surface area contributed by atoms with E-state index >= 15 is 0 Å². The average molecular weight is 398 g/mol. The van der Waals surface area contributed by atoms with E-state index in [1.54, 1.807) is 10.5 Å². The van der Waals surface area contributed by atoms with Crippen molar-refractivity contribution in [1.82, 2.24) is 18.8 Å². The van der Waals surface area contributed by atoms with Gasteiger partial charge in [0.15, 0.2) is 0 Å². The monoisotopic (exact) mass is 397 g/mol. The topological polar surface area (TPSA) is 98.4 Å². The van der Waals surface area contributed by atoms with Gasteiger partial charge < -0.3 is 5.32 Å². The number of nitrogens with one attached hydrogen (secondary N) is 2. The molecule has 1 aromatic rings. The number of hydrogen-bond donors (Lipinski definition) is 2. The van der Waals surface area contributed by atoms with Gasteiger partial charge in [-0.15, -0.1) is 0 Å². The molecule has 0 spiro atoms. The third kappa shape index (κ3) is 4.35. The predicted molar refractivity (Wildman–Crippen MR) is 105 cm³/mol. The van der Waals surface area contributed by atoms with Crippen LogP contribution in [0, 0.1) is 5.92 Å². The summed E-state index contributed by atoms with van der Waals surface area (Å²) in [6.07, 6.45) is 7.41. The minimum Gasteiger partial charge on any atom is -0.323 e. The molecule has 2 aliphatic rings. The van der Waals surface area contributed by atoms with E-state index in [9.17, 15) is 13.2 Å². The largest absolute Gasteiger partial charge is 0.323 e. The Labute approximate surface area is 161 Å². The van der Waals surface area contributed by atoms with Crippen LogP contribution in [0.5, 0.6) is 0 Å².